The minimum atomic E-state index is -1.17. The van der Waals surface area contributed by atoms with Crippen molar-refractivity contribution in [2.24, 2.45) is 0 Å². The molecular formula is C45H32O. The van der Waals surface area contributed by atoms with E-state index in [0.717, 1.165) is 38.9 Å². The molecule has 2 aliphatic carbocycles. The standard InChI is InChI=1S/C45H32O/c1-44(40-17-6-2-13-36(40)37-14-3-7-18-41(37)44)34-25-21-30(22-26-34)32-11-10-12-33(29-32)31-23-27-35(28-24-31)45(46)42-19-8-4-15-38(42)39-16-5-9-20-43(39)45/h2-29,46H,1H3. The van der Waals surface area contributed by atoms with Gasteiger partial charge in [-0.25, -0.2) is 0 Å². The molecule has 0 bridgehead atoms. The molecule has 0 radical (unpaired) electrons. The van der Waals surface area contributed by atoms with Gasteiger partial charge in [0.1, 0.15) is 5.60 Å². The first-order chi connectivity index (χ1) is 22.6. The fourth-order valence-electron chi connectivity index (χ4n) is 8.07. The number of hydrogen-bond donors (Lipinski definition) is 1. The fourth-order valence-corrected chi connectivity index (χ4v) is 8.07. The fraction of sp³-hybridized carbons (Fsp3) is 0.0667. The molecule has 1 heteroatoms. The normalized spacial score (nSPS) is 14.7. The number of aliphatic hydroxyl groups is 1. The lowest BCUT2D eigenvalue weighted by Gasteiger charge is -2.28. The van der Waals surface area contributed by atoms with Gasteiger partial charge in [-0.2, -0.15) is 0 Å². The molecule has 7 aromatic carbocycles. The SMILES string of the molecule is CC1(c2ccc(-c3cccc(-c4ccc(C5(O)c6ccccc6-c6ccccc65)cc4)c3)cc2)c2ccccc2-c2ccccc21. The molecule has 0 aromatic heterocycles. The van der Waals surface area contributed by atoms with Crippen LogP contribution in [0.15, 0.2) is 170 Å². The molecule has 2 aliphatic rings. The molecule has 0 saturated carbocycles. The Morgan fingerprint density at radius 2 is 0.717 bits per heavy atom. The molecule has 1 nitrogen and oxygen atoms in total. The number of hydrogen-bond acceptors (Lipinski definition) is 1. The summed E-state index contributed by atoms with van der Waals surface area (Å²) in [5.74, 6) is 0. The van der Waals surface area contributed by atoms with Crippen LogP contribution in [0.25, 0.3) is 44.5 Å². The maximum Gasteiger partial charge on any atom is 0.141 e. The Morgan fingerprint density at radius 3 is 1.17 bits per heavy atom. The van der Waals surface area contributed by atoms with Crippen molar-refractivity contribution in [3.63, 3.8) is 0 Å². The molecule has 0 atom stereocenters. The van der Waals surface area contributed by atoms with Crippen LogP contribution in [-0.2, 0) is 11.0 Å². The largest absolute Gasteiger partial charge is 0.376 e. The minimum Gasteiger partial charge on any atom is -0.376 e. The van der Waals surface area contributed by atoms with Crippen LogP contribution in [0.4, 0.5) is 0 Å². The van der Waals surface area contributed by atoms with Crippen molar-refractivity contribution >= 4 is 0 Å². The average molecular weight is 589 g/mol. The Hall–Kier alpha value is -5.50. The molecule has 0 amide bonds. The van der Waals surface area contributed by atoms with E-state index in [1.807, 2.05) is 36.4 Å². The van der Waals surface area contributed by atoms with Crippen LogP contribution in [0.5, 0.6) is 0 Å². The average Bonchev–Trinajstić information content (AvgIpc) is 3.56. The first kappa shape index (κ1) is 26.9. The highest BCUT2D eigenvalue weighted by Gasteiger charge is 2.43. The van der Waals surface area contributed by atoms with Gasteiger partial charge in [-0.1, -0.05) is 164 Å². The van der Waals surface area contributed by atoms with Gasteiger partial charge in [0.25, 0.3) is 0 Å². The van der Waals surface area contributed by atoms with Gasteiger partial charge in [0.2, 0.25) is 0 Å². The zero-order valence-electron chi connectivity index (χ0n) is 25.6. The smallest absolute Gasteiger partial charge is 0.141 e. The van der Waals surface area contributed by atoms with E-state index in [-0.39, 0.29) is 5.41 Å². The second kappa shape index (κ2) is 10.0. The molecule has 0 heterocycles. The number of benzene rings is 7. The summed E-state index contributed by atoms with van der Waals surface area (Å²) in [5, 5.41) is 12.2. The van der Waals surface area contributed by atoms with Crippen molar-refractivity contribution in [3.8, 4) is 44.5 Å². The van der Waals surface area contributed by atoms with E-state index in [9.17, 15) is 5.11 Å². The highest BCUT2D eigenvalue weighted by atomic mass is 16.3. The summed E-state index contributed by atoms with van der Waals surface area (Å²) in [7, 11) is 0. The van der Waals surface area contributed by atoms with Gasteiger partial charge < -0.3 is 5.11 Å². The summed E-state index contributed by atoms with van der Waals surface area (Å²) in [6, 6.07) is 60.3. The third kappa shape index (κ3) is 3.73. The lowest BCUT2D eigenvalue weighted by Crippen LogP contribution is -2.26. The summed E-state index contributed by atoms with van der Waals surface area (Å²) in [4.78, 5) is 0. The first-order valence-electron chi connectivity index (χ1n) is 16.0. The second-order valence-electron chi connectivity index (χ2n) is 12.8. The summed E-state index contributed by atoms with van der Waals surface area (Å²) < 4.78 is 0. The molecule has 218 valence electrons. The van der Waals surface area contributed by atoms with E-state index in [1.54, 1.807) is 0 Å². The third-order valence-corrected chi connectivity index (χ3v) is 10.4. The van der Waals surface area contributed by atoms with Crippen molar-refractivity contribution in [1.29, 1.82) is 0 Å². The van der Waals surface area contributed by atoms with Crippen LogP contribution in [-0.4, -0.2) is 5.11 Å². The van der Waals surface area contributed by atoms with E-state index in [1.165, 1.54) is 38.9 Å². The Kier molecular flexibility index (Phi) is 5.84. The van der Waals surface area contributed by atoms with Gasteiger partial charge in [0.05, 0.1) is 0 Å². The van der Waals surface area contributed by atoms with Crippen LogP contribution < -0.4 is 0 Å². The van der Waals surface area contributed by atoms with Gasteiger partial charge in [-0.3, -0.25) is 0 Å². The summed E-state index contributed by atoms with van der Waals surface area (Å²) >= 11 is 0. The van der Waals surface area contributed by atoms with Crippen molar-refractivity contribution in [2.75, 3.05) is 0 Å². The predicted molar refractivity (Wildman–Crippen MR) is 189 cm³/mol. The molecule has 46 heavy (non-hydrogen) atoms. The number of rotatable bonds is 4. The molecule has 0 spiro atoms. The maximum atomic E-state index is 12.2. The van der Waals surface area contributed by atoms with E-state index >= 15 is 0 Å². The molecular weight excluding hydrogens is 556 g/mol. The van der Waals surface area contributed by atoms with E-state index in [4.69, 9.17) is 0 Å². The van der Waals surface area contributed by atoms with Crippen molar-refractivity contribution in [1.82, 2.24) is 0 Å². The van der Waals surface area contributed by atoms with Crippen LogP contribution in [0.2, 0.25) is 0 Å². The minimum absolute atomic E-state index is 0.195. The van der Waals surface area contributed by atoms with Crippen molar-refractivity contribution in [2.45, 2.75) is 17.9 Å². The topological polar surface area (TPSA) is 20.2 Å². The number of fused-ring (bicyclic) bond motifs is 6. The molecule has 1 N–H and O–H groups in total. The van der Waals surface area contributed by atoms with Gasteiger partial charge in [0, 0.05) is 16.5 Å². The zero-order valence-corrected chi connectivity index (χ0v) is 25.6. The highest BCUT2D eigenvalue weighted by molar-refractivity contribution is 5.84. The van der Waals surface area contributed by atoms with Crippen molar-refractivity contribution in [3.05, 3.63) is 203 Å². The van der Waals surface area contributed by atoms with Gasteiger partial charge in [0.15, 0.2) is 0 Å². The van der Waals surface area contributed by atoms with Crippen LogP contribution >= 0.6 is 0 Å². The zero-order chi connectivity index (χ0) is 30.9. The monoisotopic (exact) mass is 588 g/mol. The Morgan fingerprint density at radius 1 is 0.348 bits per heavy atom. The third-order valence-electron chi connectivity index (χ3n) is 10.4. The van der Waals surface area contributed by atoms with Gasteiger partial charge in [-0.15, -0.1) is 0 Å². The maximum absolute atomic E-state index is 12.2. The van der Waals surface area contributed by atoms with Crippen LogP contribution in [0.1, 0.15) is 40.3 Å². The van der Waals surface area contributed by atoms with E-state index in [0.29, 0.717) is 0 Å². The van der Waals surface area contributed by atoms with Crippen molar-refractivity contribution < 1.29 is 5.11 Å². The summed E-state index contributed by atoms with van der Waals surface area (Å²) in [6.45, 7) is 2.36. The molecule has 0 saturated heterocycles. The van der Waals surface area contributed by atoms with Crippen LogP contribution in [0, 0.1) is 0 Å². The summed E-state index contributed by atoms with van der Waals surface area (Å²) in [5.41, 5.74) is 14.9. The van der Waals surface area contributed by atoms with E-state index in [2.05, 4.69) is 140 Å². The van der Waals surface area contributed by atoms with Crippen LogP contribution in [0.3, 0.4) is 0 Å². The Labute approximate surface area is 270 Å². The van der Waals surface area contributed by atoms with Gasteiger partial charge in [-0.05, 0) is 79.8 Å². The summed E-state index contributed by atoms with van der Waals surface area (Å²) in [6.07, 6.45) is 0. The molecule has 9 rings (SSSR count). The van der Waals surface area contributed by atoms with E-state index < -0.39 is 5.60 Å². The molecule has 7 aromatic rings. The predicted octanol–water partition coefficient (Wildman–Crippen LogP) is 10.6. The quantitative estimate of drug-likeness (QED) is 0.217. The lowest BCUT2D eigenvalue weighted by atomic mass is 9.74. The second-order valence-corrected chi connectivity index (χ2v) is 12.8. The first-order valence-corrected chi connectivity index (χ1v) is 16.0. The molecule has 0 unspecified atom stereocenters. The molecule has 0 aliphatic heterocycles. The lowest BCUT2D eigenvalue weighted by molar-refractivity contribution is 0.131. The Bertz CT molecular complexity index is 2020. The van der Waals surface area contributed by atoms with Gasteiger partial charge >= 0.3 is 0 Å². The highest BCUT2D eigenvalue weighted by Crippen LogP contribution is 2.53. The molecule has 0 fully saturated rings. The Balaban J connectivity index is 1.04.